The van der Waals surface area contributed by atoms with Crippen LogP contribution in [0.3, 0.4) is 0 Å². The zero-order valence-electron chi connectivity index (χ0n) is 17.9. The standard InChI is InChI=1S/C24H30N2O4/c1-4-15-30-21-11-7-19(8-12-21)22(27)13-14-23(28)25-16-18-5-9-20(10-6-18)26-24(29)17(2)3/h5-12,17H,4,13-16H2,1-3H3,(H,25,28)(H,26,29). The topological polar surface area (TPSA) is 84.5 Å². The van der Waals surface area contributed by atoms with Crippen LogP contribution in [0.15, 0.2) is 48.5 Å². The highest BCUT2D eigenvalue weighted by atomic mass is 16.5. The Hall–Kier alpha value is -3.15. The first-order valence-electron chi connectivity index (χ1n) is 10.3. The molecule has 0 heterocycles. The summed E-state index contributed by atoms with van der Waals surface area (Å²) in [6.07, 6.45) is 1.21. The fraction of sp³-hybridized carbons (Fsp3) is 0.375. The average molecular weight is 411 g/mol. The highest BCUT2D eigenvalue weighted by Gasteiger charge is 2.10. The Balaban J connectivity index is 1.74. The van der Waals surface area contributed by atoms with Crippen molar-refractivity contribution in [3.63, 3.8) is 0 Å². The van der Waals surface area contributed by atoms with Crippen LogP contribution < -0.4 is 15.4 Å². The molecule has 0 aliphatic carbocycles. The van der Waals surface area contributed by atoms with E-state index in [-0.39, 0.29) is 36.4 Å². The minimum absolute atomic E-state index is 0.0381. The van der Waals surface area contributed by atoms with Gasteiger partial charge in [0.25, 0.3) is 0 Å². The number of anilines is 1. The summed E-state index contributed by atoms with van der Waals surface area (Å²) in [5.41, 5.74) is 2.21. The normalized spacial score (nSPS) is 10.5. The van der Waals surface area contributed by atoms with Gasteiger partial charge in [-0.3, -0.25) is 14.4 Å². The van der Waals surface area contributed by atoms with Crippen LogP contribution in [0.4, 0.5) is 5.69 Å². The van der Waals surface area contributed by atoms with Gasteiger partial charge in [0, 0.05) is 36.6 Å². The fourth-order valence-corrected chi connectivity index (χ4v) is 2.61. The molecule has 0 aromatic heterocycles. The molecule has 0 radical (unpaired) electrons. The average Bonchev–Trinajstić information content (AvgIpc) is 2.75. The number of Topliss-reactive ketones (excluding diaryl/α,β-unsaturated/α-hetero) is 1. The lowest BCUT2D eigenvalue weighted by Crippen LogP contribution is -2.23. The van der Waals surface area contributed by atoms with Crippen LogP contribution in [-0.4, -0.2) is 24.2 Å². The van der Waals surface area contributed by atoms with E-state index in [0.717, 1.165) is 23.4 Å². The zero-order valence-corrected chi connectivity index (χ0v) is 17.9. The molecule has 0 aliphatic heterocycles. The molecule has 0 aliphatic rings. The molecule has 0 atom stereocenters. The molecule has 2 aromatic carbocycles. The van der Waals surface area contributed by atoms with Crippen LogP contribution in [0.5, 0.6) is 5.75 Å². The van der Waals surface area contributed by atoms with Gasteiger partial charge in [0.2, 0.25) is 11.8 Å². The monoisotopic (exact) mass is 410 g/mol. The second kappa shape index (κ2) is 11.8. The van der Waals surface area contributed by atoms with Crippen molar-refractivity contribution in [3.05, 3.63) is 59.7 Å². The first-order chi connectivity index (χ1) is 14.4. The summed E-state index contributed by atoms with van der Waals surface area (Å²) in [6.45, 7) is 6.71. The minimum Gasteiger partial charge on any atom is -0.494 e. The van der Waals surface area contributed by atoms with E-state index >= 15 is 0 Å². The van der Waals surface area contributed by atoms with E-state index in [9.17, 15) is 14.4 Å². The van der Waals surface area contributed by atoms with E-state index in [2.05, 4.69) is 10.6 Å². The maximum Gasteiger partial charge on any atom is 0.226 e. The van der Waals surface area contributed by atoms with Gasteiger partial charge in [-0.05, 0) is 48.4 Å². The van der Waals surface area contributed by atoms with Crippen molar-refractivity contribution in [3.8, 4) is 5.75 Å². The lowest BCUT2D eigenvalue weighted by Gasteiger charge is -2.09. The number of benzene rings is 2. The van der Waals surface area contributed by atoms with Gasteiger partial charge in [0.1, 0.15) is 5.75 Å². The van der Waals surface area contributed by atoms with E-state index < -0.39 is 0 Å². The van der Waals surface area contributed by atoms with Crippen molar-refractivity contribution in [1.82, 2.24) is 5.32 Å². The highest BCUT2D eigenvalue weighted by Crippen LogP contribution is 2.15. The van der Waals surface area contributed by atoms with E-state index in [4.69, 9.17) is 4.74 Å². The summed E-state index contributed by atoms with van der Waals surface area (Å²) >= 11 is 0. The quantitative estimate of drug-likeness (QED) is 0.540. The maximum atomic E-state index is 12.3. The molecule has 2 N–H and O–H groups in total. The number of nitrogens with one attached hydrogen (secondary N) is 2. The van der Waals surface area contributed by atoms with Gasteiger partial charge in [-0.25, -0.2) is 0 Å². The van der Waals surface area contributed by atoms with Crippen molar-refractivity contribution >= 4 is 23.3 Å². The van der Waals surface area contributed by atoms with Gasteiger partial charge in [0.05, 0.1) is 6.61 Å². The maximum absolute atomic E-state index is 12.3. The molecule has 0 bridgehead atoms. The van der Waals surface area contributed by atoms with E-state index in [1.807, 2.05) is 32.9 Å². The number of hydrogen-bond acceptors (Lipinski definition) is 4. The Morgan fingerprint density at radius 1 is 0.933 bits per heavy atom. The first kappa shape index (κ1) is 23.1. The van der Waals surface area contributed by atoms with Crippen molar-refractivity contribution in [2.24, 2.45) is 5.92 Å². The minimum atomic E-state index is -0.177. The number of amides is 2. The number of carbonyl (C=O) groups is 3. The first-order valence-corrected chi connectivity index (χ1v) is 10.3. The number of rotatable bonds is 11. The Labute approximate surface area is 178 Å². The van der Waals surface area contributed by atoms with Crippen molar-refractivity contribution < 1.29 is 19.1 Å². The molecule has 0 saturated heterocycles. The zero-order chi connectivity index (χ0) is 21.9. The third kappa shape index (κ3) is 7.70. The van der Waals surface area contributed by atoms with Gasteiger partial charge in [-0.1, -0.05) is 32.9 Å². The molecule has 2 amide bonds. The summed E-state index contributed by atoms with van der Waals surface area (Å²) in [7, 11) is 0. The Bertz CT molecular complexity index is 843. The van der Waals surface area contributed by atoms with E-state index in [1.54, 1.807) is 36.4 Å². The van der Waals surface area contributed by atoms with Crippen LogP contribution in [0.1, 0.15) is 56.0 Å². The third-order valence-corrected chi connectivity index (χ3v) is 4.46. The van der Waals surface area contributed by atoms with Crippen LogP contribution in [0.2, 0.25) is 0 Å². The molecule has 0 fully saturated rings. The van der Waals surface area contributed by atoms with Gasteiger partial charge >= 0.3 is 0 Å². The molecule has 2 rings (SSSR count). The van der Waals surface area contributed by atoms with Gasteiger partial charge < -0.3 is 15.4 Å². The number of ether oxygens (including phenoxy) is 1. The van der Waals surface area contributed by atoms with Crippen LogP contribution in [0.25, 0.3) is 0 Å². The second-order valence-corrected chi connectivity index (χ2v) is 7.41. The smallest absolute Gasteiger partial charge is 0.226 e. The third-order valence-electron chi connectivity index (χ3n) is 4.46. The van der Waals surface area contributed by atoms with Crippen LogP contribution >= 0.6 is 0 Å². The molecule has 6 nitrogen and oxygen atoms in total. The molecule has 30 heavy (non-hydrogen) atoms. The second-order valence-electron chi connectivity index (χ2n) is 7.41. The molecular formula is C24H30N2O4. The van der Waals surface area contributed by atoms with Gasteiger partial charge in [-0.2, -0.15) is 0 Å². The number of hydrogen-bond donors (Lipinski definition) is 2. The molecule has 0 spiro atoms. The number of ketones is 1. The molecule has 160 valence electrons. The largest absolute Gasteiger partial charge is 0.494 e. The molecule has 0 unspecified atom stereocenters. The van der Waals surface area contributed by atoms with Crippen molar-refractivity contribution in [2.45, 2.75) is 46.6 Å². The van der Waals surface area contributed by atoms with Crippen LogP contribution in [-0.2, 0) is 16.1 Å². The van der Waals surface area contributed by atoms with Crippen molar-refractivity contribution in [1.29, 1.82) is 0 Å². The van der Waals surface area contributed by atoms with Gasteiger partial charge in [0.15, 0.2) is 5.78 Å². The molecule has 2 aromatic rings. The SMILES string of the molecule is CCCOc1ccc(C(=O)CCC(=O)NCc2ccc(NC(=O)C(C)C)cc2)cc1. The molecule has 0 saturated carbocycles. The van der Waals surface area contributed by atoms with E-state index in [0.29, 0.717) is 18.7 Å². The Morgan fingerprint density at radius 2 is 1.60 bits per heavy atom. The summed E-state index contributed by atoms with van der Waals surface area (Å²) in [5, 5.41) is 5.64. The summed E-state index contributed by atoms with van der Waals surface area (Å²) in [4.78, 5) is 36.0. The highest BCUT2D eigenvalue weighted by molar-refractivity contribution is 5.98. The summed E-state index contributed by atoms with van der Waals surface area (Å²) < 4.78 is 5.50. The molecule has 6 heteroatoms. The fourth-order valence-electron chi connectivity index (χ4n) is 2.61. The van der Waals surface area contributed by atoms with Crippen LogP contribution in [0, 0.1) is 5.92 Å². The summed E-state index contributed by atoms with van der Waals surface area (Å²) in [5.74, 6) is 0.365. The Morgan fingerprint density at radius 3 is 2.20 bits per heavy atom. The summed E-state index contributed by atoms with van der Waals surface area (Å²) in [6, 6.07) is 14.3. The predicted octanol–water partition coefficient (Wildman–Crippen LogP) is 4.35. The Kier molecular flexibility index (Phi) is 9.06. The molecular weight excluding hydrogens is 380 g/mol. The lowest BCUT2D eigenvalue weighted by atomic mass is 10.1. The van der Waals surface area contributed by atoms with Gasteiger partial charge in [-0.15, -0.1) is 0 Å². The predicted molar refractivity (Wildman–Crippen MR) is 118 cm³/mol. The lowest BCUT2D eigenvalue weighted by molar-refractivity contribution is -0.121. The van der Waals surface area contributed by atoms with E-state index in [1.165, 1.54) is 0 Å². The van der Waals surface area contributed by atoms with Crippen molar-refractivity contribution in [2.75, 3.05) is 11.9 Å². The number of carbonyl (C=O) groups excluding carboxylic acids is 3.